The van der Waals surface area contributed by atoms with Crippen molar-refractivity contribution >= 4 is 11.0 Å². The predicted molar refractivity (Wildman–Crippen MR) is 68.9 cm³/mol. The fourth-order valence-corrected chi connectivity index (χ4v) is 1.82. The van der Waals surface area contributed by atoms with Crippen molar-refractivity contribution in [3.63, 3.8) is 0 Å². The lowest BCUT2D eigenvalue weighted by atomic mass is 10.2. The van der Waals surface area contributed by atoms with E-state index in [4.69, 9.17) is 0 Å². The smallest absolute Gasteiger partial charge is 0.295 e. The molecule has 0 unspecified atom stereocenters. The summed E-state index contributed by atoms with van der Waals surface area (Å²) in [6.07, 6.45) is 0. The highest BCUT2D eigenvalue weighted by molar-refractivity contribution is 5.76. The molecular formula is C13H20N2O. The molecule has 2 rings (SSSR count). The molecule has 1 heterocycles. The number of aromatic nitrogens is 2. The van der Waals surface area contributed by atoms with Crippen LogP contribution in [0, 0.1) is 6.92 Å². The van der Waals surface area contributed by atoms with Gasteiger partial charge in [0.25, 0.3) is 0 Å². The lowest BCUT2D eigenvalue weighted by Gasteiger charge is -1.97. The van der Waals surface area contributed by atoms with Crippen molar-refractivity contribution in [1.82, 2.24) is 9.13 Å². The molecule has 0 saturated heterocycles. The van der Waals surface area contributed by atoms with Crippen molar-refractivity contribution in [2.24, 2.45) is 7.05 Å². The second-order valence-electron chi connectivity index (χ2n) is 3.58. The molecule has 16 heavy (non-hydrogen) atoms. The number of hydrogen-bond donors (Lipinski definition) is 0. The zero-order valence-corrected chi connectivity index (χ0v) is 10.7. The predicted octanol–water partition coefficient (Wildman–Crippen LogP) is 2.69. The minimum atomic E-state index is 0.0631. The van der Waals surface area contributed by atoms with Crippen LogP contribution in [0.4, 0.5) is 0 Å². The van der Waals surface area contributed by atoms with Crippen LogP contribution in [0.3, 0.4) is 0 Å². The Kier molecular flexibility index (Phi) is 3.93. The molecule has 0 atom stereocenters. The fourth-order valence-electron chi connectivity index (χ4n) is 1.82. The average molecular weight is 220 g/mol. The number of imidazole rings is 1. The Hall–Kier alpha value is -1.51. The molecule has 0 saturated carbocycles. The van der Waals surface area contributed by atoms with Gasteiger partial charge in [-0.3, -0.25) is 9.13 Å². The third-order valence-corrected chi connectivity index (χ3v) is 2.62. The summed E-state index contributed by atoms with van der Waals surface area (Å²) in [6, 6.07) is 6.09. The molecule has 0 fully saturated rings. The van der Waals surface area contributed by atoms with Crippen LogP contribution in [0.15, 0.2) is 23.0 Å². The topological polar surface area (TPSA) is 26.9 Å². The summed E-state index contributed by atoms with van der Waals surface area (Å²) in [5, 5.41) is 0. The Morgan fingerprint density at radius 1 is 1.19 bits per heavy atom. The summed E-state index contributed by atoms with van der Waals surface area (Å²) in [5.74, 6) is 0. The van der Waals surface area contributed by atoms with Gasteiger partial charge in [-0.2, -0.15) is 0 Å². The van der Waals surface area contributed by atoms with Crippen molar-refractivity contribution in [2.75, 3.05) is 0 Å². The summed E-state index contributed by atoms with van der Waals surface area (Å²) in [6.45, 7) is 8.74. The Bertz CT molecular complexity index is 535. The molecule has 3 heteroatoms. The first-order chi connectivity index (χ1) is 7.65. The normalized spacial score (nSPS) is 10.1. The first-order valence-corrected chi connectivity index (χ1v) is 5.81. The second kappa shape index (κ2) is 5.01. The van der Waals surface area contributed by atoms with Gasteiger partial charge in [0.1, 0.15) is 0 Å². The van der Waals surface area contributed by atoms with Gasteiger partial charge >= 0.3 is 5.69 Å². The van der Waals surface area contributed by atoms with E-state index in [1.165, 1.54) is 5.56 Å². The molecule has 0 bridgehead atoms. The third kappa shape index (κ3) is 1.90. The summed E-state index contributed by atoms with van der Waals surface area (Å²) >= 11 is 0. The maximum absolute atomic E-state index is 11.8. The molecule has 3 nitrogen and oxygen atoms in total. The van der Waals surface area contributed by atoms with Gasteiger partial charge in [-0.15, -0.1) is 0 Å². The molecule has 0 N–H and O–H groups in total. The van der Waals surface area contributed by atoms with Crippen molar-refractivity contribution in [2.45, 2.75) is 34.2 Å². The van der Waals surface area contributed by atoms with Gasteiger partial charge in [-0.1, -0.05) is 19.9 Å². The Labute approximate surface area is 96.3 Å². The molecule has 0 aliphatic heterocycles. The quantitative estimate of drug-likeness (QED) is 0.726. The van der Waals surface area contributed by atoms with Crippen LogP contribution in [0.1, 0.15) is 26.3 Å². The third-order valence-electron chi connectivity index (χ3n) is 2.62. The maximum atomic E-state index is 11.8. The zero-order chi connectivity index (χ0) is 12.3. The minimum absolute atomic E-state index is 0.0631. The lowest BCUT2D eigenvalue weighted by Crippen LogP contribution is -2.21. The standard InChI is InChI=1S/C11H14N2O.C2H6/c1-4-13-9-6-5-8(2)7-10(9)12(3)11(13)14;1-2/h5-7H,4H2,1-3H3;1-2H3. The van der Waals surface area contributed by atoms with Crippen LogP contribution >= 0.6 is 0 Å². The van der Waals surface area contributed by atoms with Crippen molar-refractivity contribution in [3.05, 3.63) is 34.2 Å². The van der Waals surface area contributed by atoms with E-state index in [-0.39, 0.29) is 5.69 Å². The maximum Gasteiger partial charge on any atom is 0.328 e. The van der Waals surface area contributed by atoms with E-state index < -0.39 is 0 Å². The Morgan fingerprint density at radius 3 is 2.38 bits per heavy atom. The molecule has 0 radical (unpaired) electrons. The highest BCUT2D eigenvalue weighted by Crippen LogP contribution is 2.13. The minimum Gasteiger partial charge on any atom is -0.295 e. The Balaban J connectivity index is 0.000000606. The van der Waals surface area contributed by atoms with E-state index >= 15 is 0 Å². The van der Waals surface area contributed by atoms with Crippen LogP contribution in [-0.4, -0.2) is 9.13 Å². The summed E-state index contributed by atoms with van der Waals surface area (Å²) < 4.78 is 3.49. The number of aryl methyl sites for hydroxylation is 3. The van der Waals surface area contributed by atoms with Crippen molar-refractivity contribution < 1.29 is 0 Å². The number of nitrogens with zero attached hydrogens (tertiary/aromatic N) is 2. The van der Waals surface area contributed by atoms with Gasteiger partial charge in [0.15, 0.2) is 0 Å². The molecule has 0 amide bonds. The Morgan fingerprint density at radius 2 is 1.81 bits per heavy atom. The molecule has 1 aromatic heterocycles. The van der Waals surface area contributed by atoms with E-state index in [0.29, 0.717) is 0 Å². The SMILES string of the molecule is CC.CCn1c(=O)n(C)c2cc(C)ccc21. The number of fused-ring (bicyclic) bond motifs is 1. The molecule has 0 aliphatic carbocycles. The monoisotopic (exact) mass is 220 g/mol. The number of hydrogen-bond acceptors (Lipinski definition) is 1. The summed E-state index contributed by atoms with van der Waals surface area (Å²) in [4.78, 5) is 11.8. The van der Waals surface area contributed by atoms with Gasteiger partial charge in [0, 0.05) is 13.6 Å². The first-order valence-electron chi connectivity index (χ1n) is 5.81. The van der Waals surface area contributed by atoms with Crippen LogP contribution in [-0.2, 0) is 13.6 Å². The van der Waals surface area contributed by atoms with Crippen LogP contribution in [0.2, 0.25) is 0 Å². The van der Waals surface area contributed by atoms with Gasteiger partial charge in [-0.25, -0.2) is 4.79 Å². The van der Waals surface area contributed by atoms with Gasteiger partial charge < -0.3 is 0 Å². The average Bonchev–Trinajstić information content (AvgIpc) is 2.55. The molecule has 0 spiro atoms. The lowest BCUT2D eigenvalue weighted by molar-refractivity contribution is 0.712. The van der Waals surface area contributed by atoms with Crippen LogP contribution in [0.25, 0.3) is 11.0 Å². The van der Waals surface area contributed by atoms with Crippen LogP contribution in [0.5, 0.6) is 0 Å². The van der Waals surface area contributed by atoms with Crippen LogP contribution < -0.4 is 5.69 Å². The summed E-state index contributed by atoms with van der Waals surface area (Å²) in [5.41, 5.74) is 3.27. The molecule has 2 aromatic rings. The fraction of sp³-hybridized carbons (Fsp3) is 0.462. The first kappa shape index (κ1) is 12.6. The number of rotatable bonds is 1. The highest BCUT2D eigenvalue weighted by Gasteiger charge is 2.08. The number of benzene rings is 1. The van der Waals surface area contributed by atoms with E-state index in [0.717, 1.165) is 17.6 Å². The van der Waals surface area contributed by atoms with Gasteiger partial charge in [0.2, 0.25) is 0 Å². The van der Waals surface area contributed by atoms with E-state index in [1.54, 1.807) is 9.13 Å². The van der Waals surface area contributed by atoms with Crippen molar-refractivity contribution in [3.8, 4) is 0 Å². The zero-order valence-electron chi connectivity index (χ0n) is 10.7. The molecule has 88 valence electrons. The van der Waals surface area contributed by atoms with Crippen molar-refractivity contribution in [1.29, 1.82) is 0 Å². The van der Waals surface area contributed by atoms with Gasteiger partial charge in [-0.05, 0) is 31.5 Å². The second-order valence-corrected chi connectivity index (χ2v) is 3.58. The molecule has 0 aliphatic rings. The summed E-state index contributed by atoms with van der Waals surface area (Å²) in [7, 11) is 1.82. The highest BCUT2D eigenvalue weighted by atomic mass is 16.1. The largest absolute Gasteiger partial charge is 0.328 e. The molecular weight excluding hydrogens is 200 g/mol. The molecule has 1 aromatic carbocycles. The van der Waals surface area contributed by atoms with Gasteiger partial charge in [0.05, 0.1) is 11.0 Å². The van der Waals surface area contributed by atoms with E-state index in [2.05, 4.69) is 0 Å². The van der Waals surface area contributed by atoms with E-state index in [1.807, 2.05) is 52.9 Å². The van der Waals surface area contributed by atoms with E-state index in [9.17, 15) is 4.79 Å².